The molecule has 0 spiro atoms. The molecule has 0 aliphatic rings. The van der Waals surface area contributed by atoms with Crippen LogP contribution in [0.2, 0.25) is 0 Å². The second-order valence-corrected chi connectivity index (χ2v) is 5.01. The van der Waals surface area contributed by atoms with Gasteiger partial charge in [-0.25, -0.2) is 9.78 Å². The molecule has 2 aromatic heterocycles. The van der Waals surface area contributed by atoms with Gasteiger partial charge >= 0.3 is 5.97 Å². The third-order valence-corrected chi connectivity index (χ3v) is 3.49. The maximum absolute atomic E-state index is 12.4. The number of amides is 1. The number of nitrogens with zero attached hydrogens (tertiary/aromatic N) is 3. The summed E-state index contributed by atoms with van der Waals surface area (Å²) in [5, 5.41) is 16.1. The highest BCUT2D eigenvalue weighted by molar-refractivity contribution is 5.98. The molecule has 0 unspecified atom stereocenters. The molecule has 0 saturated carbocycles. The number of carbonyl (C=O) groups excluding carboxylic acids is 1. The van der Waals surface area contributed by atoms with Crippen molar-refractivity contribution in [3.63, 3.8) is 0 Å². The predicted octanol–water partition coefficient (Wildman–Crippen LogP) is 0.669. The number of H-pyrrole nitrogens is 1. The van der Waals surface area contributed by atoms with Crippen molar-refractivity contribution in [2.45, 2.75) is 39.8 Å². The first-order valence-electron chi connectivity index (χ1n) is 6.99. The van der Waals surface area contributed by atoms with Gasteiger partial charge in [-0.15, -0.1) is 0 Å². The van der Waals surface area contributed by atoms with Crippen molar-refractivity contribution in [3.05, 3.63) is 35.2 Å². The van der Waals surface area contributed by atoms with Crippen LogP contribution in [-0.2, 0) is 17.8 Å². The maximum atomic E-state index is 12.4. The van der Waals surface area contributed by atoms with Gasteiger partial charge in [-0.2, -0.15) is 5.10 Å². The minimum absolute atomic E-state index is 0.140. The summed E-state index contributed by atoms with van der Waals surface area (Å²) in [7, 11) is 0. The number of aliphatic carboxylic acids is 1. The zero-order valence-corrected chi connectivity index (χ0v) is 12.8. The fraction of sp³-hybridized carbons (Fsp3) is 0.429. The quantitative estimate of drug-likeness (QED) is 0.726. The van der Waals surface area contributed by atoms with Crippen LogP contribution in [0.5, 0.6) is 0 Å². The summed E-state index contributed by atoms with van der Waals surface area (Å²) < 4.78 is 1.72. The average Bonchev–Trinajstić information content (AvgIpc) is 3.05. The molecule has 0 aromatic carbocycles. The Morgan fingerprint density at radius 1 is 1.45 bits per heavy atom. The number of carboxylic acid groups (broad SMARTS) is 1. The van der Waals surface area contributed by atoms with E-state index in [0.717, 1.165) is 5.69 Å². The first-order chi connectivity index (χ1) is 10.4. The van der Waals surface area contributed by atoms with Crippen molar-refractivity contribution >= 4 is 11.9 Å². The van der Waals surface area contributed by atoms with Crippen LogP contribution in [-0.4, -0.2) is 42.8 Å². The molecule has 118 valence electrons. The minimum atomic E-state index is -1.10. The molecule has 22 heavy (non-hydrogen) atoms. The van der Waals surface area contributed by atoms with Crippen LogP contribution in [0, 0.1) is 13.8 Å². The fourth-order valence-electron chi connectivity index (χ4n) is 2.38. The zero-order valence-electron chi connectivity index (χ0n) is 12.8. The first kappa shape index (κ1) is 15.7. The van der Waals surface area contributed by atoms with E-state index in [0.29, 0.717) is 23.5 Å². The largest absolute Gasteiger partial charge is 0.480 e. The van der Waals surface area contributed by atoms with E-state index in [2.05, 4.69) is 20.4 Å². The van der Waals surface area contributed by atoms with Crippen LogP contribution in [0.4, 0.5) is 0 Å². The number of aromatic amines is 1. The Labute approximate surface area is 127 Å². The molecule has 1 atom stereocenters. The van der Waals surface area contributed by atoms with Crippen LogP contribution in [0.3, 0.4) is 0 Å². The van der Waals surface area contributed by atoms with Gasteiger partial charge in [-0.05, 0) is 20.8 Å². The maximum Gasteiger partial charge on any atom is 0.326 e. The van der Waals surface area contributed by atoms with Crippen LogP contribution in [0.15, 0.2) is 12.5 Å². The average molecular weight is 305 g/mol. The van der Waals surface area contributed by atoms with Crippen molar-refractivity contribution in [2.75, 3.05) is 0 Å². The van der Waals surface area contributed by atoms with Gasteiger partial charge < -0.3 is 15.4 Å². The van der Waals surface area contributed by atoms with Gasteiger partial charge in [0.05, 0.1) is 17.6 Å². The Hall–Kier alpha value is -2.64. The van der Waals surface area contributed by atoms with E-state index in [-0.39, 0.29) is 6.42 Å². The van der Waals surface area contributed by atoms with Gasteiger partial charge in [0.1, 0.15) is 6.04 Å². The summed E-state index contributed by atoms with van der Waals surface area (Å²) in [6.07, 6.45) is 3.14. The lowest BCUT2D eigenvalue weighted by molar-refractivity contribution is -0.139. The van der Waals surface area contributed by atoms with Gasteiger partial charge in [0.25, 0.3) is 5.91 Å². The topological polar surface area (TPSA) is 113 Å². The van der Waals surface area contributed by atoms with E-state index < -0.39 is 17.9 Å². The molecule has 0 fully saturated rings. The SMILES string of the molecule is CCn1nc(C)c(C(=O)N[C@@H](Cc2cnc[nH]2)C(=O)O)c1C. The normalized spacial score (nSPS) is 12.1. The van der Waals surface area contributed by atoms with Gasteiger partial charge in [-0.3, -0.25) is 9.48 Å². The van der Waals surface area contributed by atoms with Gasteiger partial charge in [-0.1, -0.05) is 0 Å². The second kappa shape index (κ2) is 6.42. The van der Waals surface area contributed by atoms with Crippen LogP contribution >= 0.6 is 0 Å². The summed E-state index contributed by atoms with van der Waals surface area (Å²) in [5.74, 6) is -1.53. The summed E-state index contributed by atoms with van der Waals surface area (Å²) in [4.78, 5) is 30.4. The molecular weight excluding hydrogens is 286 g/mol. The standard InChI is InChI=1S/C14H19N5O3/c1-4-19-9(3)12(8(2)18-19)13(20)17-11(14(21)22)5-10-6-15-7-16-10/h6-7,11H,4-5H2,1-3H3,(H,15,16)(H,17,20)(H,21,22)/t11-/m0/s1. The fourth-order valence-corrected chi connectivity index (χ4v) is 2.38. The number of aryl methyl sites for hydroxylation is 2. The van der Waals surface area contributed by atoms with Crippen LogP contribution < -0.4 is 5.32 Å². The molecule has 0 aliphatic carbocycles. The summed E-state index contributed by atoms with van der Waals surface area (Å²) in [6.45, 7) is 6.11. The lowest BCUT2D eigenvalue weighted by Crippen LogP contribution is -2.42. The number of rotatable bonds is 6. The second-order valence-electron chi connectivity index (χ2n) is 5.01. The number of carbonyl (C=O) groups is 2. The van der Waals surface area contributed by atoms with Crippen LogP contribution in [0.25, 0.3) is 0 Å². The predicted molar refractivity (Wildman–Crippen MR) is 78.6 cm³/mol. The van der Waals surface area contributed by atoms with E-state index in [9.17, 15) is 14.7 Å². The molecular formula is C14H19N5O3. The lowest BCUT2D eigenvalue weighted by atomic mass is 10.1. The van der Waals surface area contributed by atoms with E-state index >= 15 is 0 Å². The minimum Gasteiger partial charge on any atom is -0.480 e. The Bertz CT molecular complexity index is 675. The monoisotopic (exact) mass is 305 g/mol. The molecule has 2 rings (SSSR count). The van der Waals surface area contributed by atoms with Crippen molar-refractivity contribution in [1.29, 1.82) is 0 Å². The molecule has 0 bridgehead atoms. The van der Waals surface area contributed by atoms with Gasteiger partial charge in [0.15, 0.2) is 0 Å². The summed E-state index contributed by atoms with van der Waals surface area (Å²) in [6, 6.07) is -1.03. The molecule has 3 N–H and O–H groups in total. The zero-order chi connectivity index (χ0) is 16.3. The molecule has 0 radical (unpaired) electrons. The molecule has 0 aliphatic heterocycles. The third-order valence-electron chi connectivity index (χ3n) is 3.49. The number of imidazole rings is 1. The van der Waals surface area contributed by atoms with Crippen molar-refractivity contribution in [2.24, 2.45) is 0 Å². The summed E-state index contributed by atoms with van der Waals surface area (Å²) in [5.41, 5.74) is 2.38. The molecule has 0 saturated heterocycles. The Balaban J connectivity index is 2.18. The first-order valence-corrected chi connectivity index (χ1v) is 6.99. The molecule has 2 aromatic rings. The van der Waals surface area contributed by atoms with Crippen molar-refractivity contribution in [1.82, 2.24) is 25.1 Å². The van der Waals surface area contributed by atoms with Gasteiger partial charge in [0, 0.05) is 30.6 Å². The molecule has 8 heteroatoms. The number of nitrogens with one attached hydrogen (secondary N) is 2. The Kier molecular flexibility index (Phi) is 4.59. The smallest absolute Gasteiger partial charge is 0.326 e. The molecule has 8 nitrogen and oxygen atoms in total. The van der Waals surface area contributed by atoms with E-state index in [1.165, 1.54) is 12.5 Å². The number of carboxylic acids is 1. The van der Waals surface area contributed by atoms with Crippen LogP contribution in [0.1, 0.15) is 34.4 Å². The number of aromatic nitrogens is 4. The lowest BCUT2D eigenvalue weighted by Gasteiger charge is -2.14. The van der Waals surface area contributed by atoms with Gasteiger partial charge in [0.2, 0.25) is 0 Å². The molecule has 2 heterocycles. The highest BCUT2D eigenvalue weighted by Crippen LogP contribution is 2.13. The van der Waals surface area contributed by atoms with Crippen molar-refractivity contribution < 1.29 is 14.7 Å². The van der Waals surface area contributed by atoms with E-state index in [1.807, 2.05) is 6.92 Å². The highest BCUT2D eigenvalue weighted by atomic mass is 16.4. The van der Waals surface area contributed by atoms with E-state index in [1.54, 1.807) is 18.5 Å². The number of hydrogen-bond donors (Lipinski definition) is 3. The highest BCUT2D eigenvalue weighted by Gasteiger charge is 2.25. The Morgan fingerprint density at radius 2 is 2.18 bits per heavy atom. The third kappa shape index (κ3) is 3.16. The Morgan fingerprint density at radius 3 is 2.68 bits per heavy atom. The molecule has 1 amide bonds. The number of hydrogen-bond acceptors (Lipinski definition) is 4. The van der Waals surface area contributed by atoms with Crippen molar-refractivity contribution in [3.8, 4) is 0 Å². The summed E-state index contributed by atoms with van der Waals surface area (Å²) >= 11 is 0. The van der Waals surface area contributed by atoms with E-state index in [4.69, 9.17) is 0 Å².